The lowest BCUT2D eigenvalue weighted by Crippen LogP contribution is -2.46. The van der Waals surface area contributed by atoms with Crippen molar-refractivity contribution in [2.75, 3.05) is 35.8 Å². The van der Waals surface area contributed by atoms with Crippen LogP contribution in [0.3, 0.4) is 0 Å². The van der Waals surface area contributed by atoms with Crippen molar-refractivity contribution in [2.24, 2.45) is 0 Å². The second-order valence-corrected chi connectivity index (χ2v) is 6.71. The lowest BCUT2D eigenvalue weighted by molar-refractivity contribution is -0.126. The molecule has 27 heavy (non-hydrogen) atoms. The van der Waals surface area contributed by atoms with E-state index in [-0.39, 0.29) is 18.2 Å². The summed E-state index contributed by atoms with van der Waals surface area (Å²) in [6.45, 7) is 2.23. The number of para-hydroxylation sites is 2. The van der Waals surface area contributed by atoms with Gasteiger partial charge < -0.3 is 19.9 Å². The molecule has 6 nitrogen and oxygen atoms in total. The van der Waals surface area contributed by atoms with Crippen LogP contribution in [0, 0.1) is 0 Å². The molecule has 2 amide bonds. The second-order valence-electron chi connectivity index (χ2n) is 6.71. The zero-order valence-electron chi connectivity index (χ0n) is 15.9. The largest absolute Gasteiger partial charge is 0.478 e. The molecule has 1 heterocycles. The standard InChI is InChI=1S/C21H25N3O3/c1-4-18-21(26)24(17-7-5-6-8-19(17)27-18)14-13-20(25)22-15-9-11-16(12-10-15)23(2)3/h5-12,18H,4,13-14H2,1-3H3,(H,22,25). The molecule has 0 aliphatic carbocycles. The van der Waals surface area contributed by atoms with Crippen LogP contribution in [0.5, 0.6) is 5.75 Å². The van der Waals surface area contributed by atoms with Crippen molar-refractivity contribution in [3.8, 4) is 5.75 Å². The van der Waals surface area contributed by atoms with E-state index in [4.69, 9.17) is 4.74 Å². The summed E-state index contributed by atoms with van der Waals surface area (Å²) in [7, 11) is 3.93. The Kier molecular flexibility index (Phi) is 5.64. The Hall–Kier alpha value is -3.02. The van der Waals surface area contributed by atoms with Gasteiger partial charge >= 0.3 is 0 Å². The van der Waals surface area contributed by atoms with Crippen molar-refractivity contribution in [2.45, 2.75) is 25.9 Å². The number of carbonyl (C=O) groups is 2. The fourth-order valence-electron chi connectivity index (χ4n) is 3.04. The average molecular weight is 367 g/mol. The lowest BCUT2D eigenvalue weighted by Gasteiger charge is -2.33. The predicted molar refractivity (Wildman–Crippen MR) is 108 cm³/mol. The maximum Gasteiger partial charge on any atom is 0.268 e. The number of nitrogens with zero attached hydrogens (tertiary/aromatic N) is 2. The van der Waals surface area contributed by atoms with Crippen LogP contribution in [0.25, 0.3) is 0 Å². The van der Waals surface area contributed by atoms with Gasteiger partial charge in [0.2, 0.25) is 5.91 Å². The smallest absolute Gasteiger partial charge is 0.268 e. The number of hydrogen-bond acceptors (Lipinski definition) is 4. The van der Waals surface area contributed by atoms with E-state index in [1.165, 1.54) is 0 Å². The Bertz CT molecular complexity index is 818. The highest BCUT2D eigenvalue weighted by Crippen LogP contribution is 2.34. The van der Waals surface area contributed by atoms with Crippen molar-refractivity contribution in [1.29, 1.82) is 0 Å². The fourth-order valence-corrected chi connectivity index (χ4v) is 3.04. The highest BCUT2D eigenvalue weighted by atomic mass is 16.5. The minimum Gasteiger partial charge on any atom is -0.478 e. The monoisotopic (exact) mass is 367 g/mol. The van der Waals surface area contributed by atoms with Crippen LogP contribution < -0.4 is 19.9 Å². The molecule has 2 aromatic rings. The molecule has 1 atom stereocenters. The van der Waals surface area contributed by atoms with Gasteiger partial charge in [-0.2, -0.15) is 0 Å². The topological polar surface area (TPSA) is 61.9 Å². The summed E-state index contributed by atoms with van der Waals surface area (Å²) < 4.78 is 5.76. The van der Waals surface area contributed by atoms with Crippen LogP contribution >= 0.6 is 0 Å². The Morgan fingerprint density at radius 3 is 2.52 bits per heavy atom. The molecule has 3 rings (SSSR count). The van der Waals surface area contributed by atoms with E-state index in [2.05, 4.69) is 5.32 Å². The highest BCUT2D eigenvalue weighted by Gasteiger charge is 2.33. The number of ether oxygens (including phenoxy) is 1. The summed E-state index contributed by atoms with van der Waals surface area (Å²) in [6, 6.07) is 15.1. The minimum atomic E-state index is -0.499. The molecular formula is C21H25N3O3. The third-order valence-electron chi connectivity index (χ3n) is 4.57. The quantitative estimate of drug-likeness (QED) is 0.851. The Morgan fingerprint density at radius 2 is 1.85 bits per heavy atom. The molecule has 0 saturated carbocycles. The predicted octanol–water partition coefficient (Wildman–Crippen LogP) is 3.29. The summed E-state index contributed by atoms with van der Waals surface area (Å²) in [5, 5.41) is 2.88. The van der Waals surface area contributed by atoms with Gasteiger partial charge in [-0.1, -0.05) is 19.1 Å². The highest BCUT2D eigenvalue weighted by molar-refractivity contribution is 6.01. The third kappa shape index (κ3) is 4.22. The van der Waals surface area contributed by atoms with E-state index < -0.39 is 6.10 Å². The molecular weight excluding hydrogens is 342 g/mol. The number of carbonyl (C=O) groups excluding carboxylic acids is 2. The molecule has 0 bridgehead atoms. The zero-order valence-corrected chi connectivity index (χ0v) is 15.9. The number of benzene rings is 2. The lowest BCUT2D eigenvalue weighted by atomic mass is 10.1. The van der Waals surface area contributed by atoms with Crippen molar-refractivity contribution < 1.29 is 14.3 Å². The van der Waals surface area contributed by atoms with Crippen molar-refractivity contribution in [1.82, 2.24) is 0 Å². The summed E-state index contributed by atoms with van der Waals surface area (Å²) in [5.41, 5.74) is 2.52. The van der Waals surface area contributed by atoms with Gasteiger partial charge in [-0.3, -0.25) is 9.59 Å². The third-order valence-corrected chi connectivity index (χ3v) is 4.57. The number of amides is 2. The van der Waals surface area contributed by atoms with E-state index >= 15 is 0 Å². The van der Waals surface area contributed by atoms with E-state index in [0.717, 1.165) is 17.1 Å². The Labute approximate surface area is 159 Å². The van der Waals surface area contributed by atoms with E-state index in [9.17, 15) is 9.59 Å². The molecule has 0 spiro atoms. The number of anilines is 3. The molecule has 0 fully saturated rings. The summed E-state index contributed by atoms with van der Waals surface area (Å²) in [4.78, 5) is 28.7. The van der Waals surface area contributed by atoms with Crippen LogP contribution in [0.15, 0.2) is 48.5 Å². The average Bonchev–Trinajstić information content (AvgIpc) is 2.67. The molecule has 0 radical (unpaired) electrons. The van der Waals surface area contributed by atoms with Gasteiger partial charge in [-0.25, -0.2) is 0 Å². The zero-order chi connectivity index (χ0) is 19.4. The minimum absolute atomic E-state index is 0.0978. The molecule has 1 N–H and O–H groups in total. The van der Waals surface area contributed by atoms with Gasteiger partial charge in [0.15, 0.2) is 6.10 Å². The number of fused-ring (bicyclic) bond motifs is 1. The Morgan fingerprint density at radius 1 is 1.15 bits per heavy atom. The molecule has 0 saturated heterocycles. The molecule has 0 aromatic heterocycles. The first-order chi connectivity index (χ1) is 13.0. The summed E-state index contributed by atoms with van der Waals surface area (Å²) in [6.07, 6.45) is 0.307. The SMILES string of the molecule is CCC1Oc2ccccc2N(CCC(=O)Nc2ccc(N(C)C)cc2)C1=O. The van der Waals surface area contributed by atoms with Crippen molar-refractivity contribution >= 4 is 28.9 Å². The van der Waals surface area contributed by atoms with Gasteiger partial charge in [0.1, 0.15) is 5.75 Å². The maximum atomic E-state index is 12.7. The van der Waals surface area contributed by atoms with Gasteiger partial charge in [0.25, 0.3) is 5.91 Å². The molecule has 6 heteroatoms. The number of hydrogen-bond donors (Lipinski definition) is 1. The van der Waals surface area contributed by atoms with Gasteiger partial charge in [0.05, 0.1) is 5.69 Å². The van der Waals surface area contributed by atoms with Crippen molar-refractivity contribution in [3.63, 3.8) is 0 Å². The van der Waals surface area contributed by atoms with Crippen LogP contribution in [-0.2, 0) is 9.59 Å². The van der Waals surface area contributed by atoms with Crippen molar-refractivity contribution in [3.05, 3.63) is 48.5 Å². The second kappa shape index (κ2) is 8.12. The van der Waals surface area contributed by atoms with Crippen LogP contribution in [0.2, 0.25) is 0 Å². The van der Waals surface area contributed by atoms with Gasteiger partial charge in [-0.15, -0.1) is 0 Å². The van der Waals surface area contributed by atoms with E-state index in [1.807, 2.05) is 74.4 Å². The normalized spacial score (nSPS) is 15.7. The summed E-state index contributed by atoms with van der Waals surface area (Å²) in [5.74, 6) is 0.459. The van der Waals surface area contributed by atoms with E-state index in [1.54, 1.807) is 4.90 Å². The number of nitrogens with one attached hydrogen (secondary N) is 1. The molecule has 1 aliphatic rings. The molecule has 142 valence electrons. The molecule has 2 aromatic carbocycles. The van der Waals surface area contributed by atoms with Crippen LogP contribution in [-0.4, -0.2) is 38.6 Å². The van der Waals surface area contributed by atoms with Gasteiger partial charge in [-0.05, 0) is 42.8 Å². The molecule has 1 aliphatic heterocycles. The van der Waals surface area contributed by atoms with Gasteiger partial charge in [0, 0.05) is 38.4 Å². The van der Waals surface area contributed by atoms with E-state index in [0.29, 0.717) is 18.7 Å². The maximum absolute atomic E-state index is 12.7. The number of rotatable bonds is 6. The first-order valence-corrected chi connectivity index (χ1v) is 9.14. The first-order valence-electron chi connectivity index (χ1n) is 9.14. The van der Waals surface area contributed by atoms with Crippen LogP contribution in [0.1, 0.15) is 19.8 Å². The molecule has 1 unspecified atom stereocenters. The first kappa shape index (κ1) is 18.8. The fraction of sp³-hybridized carbons (Fsp3) is 0.333. The summed E-state index contributed by atoms with van der Waals surface area (Å²) >= 11 is 0. The Balaban J connectivity index is 1.64. The van der Waals surface area contributed by atoms with Crippen LogP contribution in [0.4, 0.5) is 17.1 Å².